The second-order valence-electron chi connectivity index (χ2n) is 7.00. The van der Waals surface area contributed by atoms with E-state index >= 15 is 0 Å². The number of fused-ring (bicyclic) bond motifs is 1. The van der Waals surface area contributed by atoms with Gasteiger partial charge in [0.25, 0.3) is 11.8 Å². The summed E-state index contributed by atoms with van der Waals surface area (Å²) >= 11 is 0. The summed E-state index contributed by atoms with van der Waals surface area (Å²) in [6.45, 7) is 0. The van der Waals surface area contributed by atoms with E-state index in [1.807, 2.05) is 42.5 Å². The van der Waals surface area contributed by atoms with Crippen molar-refractivity contribution in [3.63, 3.8) is 0 Å². The van der Waals surface area contributed by atoms with Crippen molar-refractivity contribution in [2.45, 2.75) is 0 Å². The summed E-state index contributed by atoms with van der Waals surface area (Å²) in [6.07, 6.45) is 1.61. The third-order valence-corrected chi connectivity index (χ3v) is 4.97. The van der Waals surface area contributed by atoms with Crippen molar-refractivity contribution < 1.29 is 14.3 Å². The Bertz CT molecular complexity index is 1290. The molecule has 0 atom stereocenters. The highest BCUT2D eigenvalue weighted by Gasteiger charge is 2.14. The fourth-order valence-corrected chi connectivity index (χ4v) is 3.31. The molecule has 0 heterocycles. The predicted molar refractivity (Wildman–Crippen MR) is 126 cm³/mol. The Kier molecular flexibility index (Phi) is 6.22. The highest BCUT2D eigenvalue weighted by atomic mass is 16.5. The number of carbonyl (C=O) groups excluding carboxylic acids is 2. The first-order chi connectivity index (χ1) is 15.7. The van der Waals surface area contributed by atoms with Crippen LogP contribution in [0.15, 0.2) is 96.1 Å². The van der Waals surface area contributed by atoms with Crippen molar-refractivity contribution in [1.82, 2.24) is 5.43 Å². The zero-order valence-electron chi connectivity index (χ0n) is 17.4. The van der Waals surface area contributed by atoms with E-state index in [1.54, 1.807) is 61.9 Å². The number of benzene rings is 4. The average molecular weight is 423 g/mol. The van der Waals surface area contributed by atoms with E-state index in [0.717, 1.165) is 16.3 Å². The van der Waals surface area contributed by atoms with Gasteiger partial charge in [-0.2, -0.15) is 5.10 Å². The molecule has 158 valence electrons. The van der Waals surface area contributed by atoms with Gasteiger partial charge in [0.05, 0.1) is 24.6 Å². The fraction of sp³-hybridized carbons (Fsp3) is 0.0385. The Morgan fingerprint density at radius 1 is 0.812 bits per heavy atom. The Balaban J connectivity index is 1.48. The number of para-hydroxylation sites is 1. The van der Waals surface area contributed by atoms with Gasteiger partial charge in [-0.1, -0.05) is 54.6 Å². The number of ether oxygens (including phenoxy) is 1. The highest BCUT2D eigenvalue weighted by molar-refractivity contribution is 6.09. The quantitative estimate of drug-likeness (QED) is 0.343. The van der Waals surface area contributed by atoms with E-state index < -0.39 is 5.91 Å². The number of hydrogen-bond donors (Lipinski definition) is 2. The highest BCUT2D eigenvalue weighted by Crippen LogP contribution is 2.19. The molecule has 0 aliphatic heterocycles. The van der Waals surface area contributed by atoms with Crippen LogP contribution in [0.3, 0.4) is 0 Å². The maximum absolute atomic E-state index is 12.7. The zero-order chi connectivity index (χ0) is 22.3. The van der Waals surface area contributed by atoms with Gasteiger partial charge in [0.2, 0.25) is 0 Å². The molecule has 2 N–H and O–H groups in total. The molecule has 0 radical (unpaired) electrons. The van der Waals surface area contributed by atoms with Crippen LogP contribution >= 0.6 is 0 Å². The lowest BCUT2D eigenvalue weighted by Gasteiger charge is -2.10. The molecular formula is C26H21N3O3. The van der Waals surface area contributed by atoms with E-state index in [2.05, 4.69) is 15.8 Å². The lowest BCUT2D eigenvalue weighted by molar-refractivity contribution is 0.0956. The number of amides is 2. The number of methoxy groups -OCH3 is 1. The lowest BCUT2D eigenvalue weighted by Crippen LogP contribution is -2.21. The van der Waals surface area contributed by atoms with Gasteiger partial charge in [-0.15, -0.1) is 0 Å². The minimum atomic E-state index is -0.424. The first-order valence-corrected chi connectivity index (χ1v) is 10.0. The molecule has 0 aliphatic rings. The maximum Gasteiger partial charge on any atom is 0.273 e. The van der Waals surface area contributed by atoms with Crippen molar-refractivity contribution >= 4 is 34.5 Å². The third-order valence-electron chi connectivity index (χ3n) is 4.97. The van der Waals surface area contributed by atoms with Gasteiger partial charge in [0.15, 0.2) is 0 Å². The molecule has 0 saturated carbocycles. The Morgan fingerprint density at radius 2 is 1.53 bits per heavy atom. The molecule has 4 aromatic rings. The third kappa shape index (κ3) is 4.65. The van der Waals surface area contributed by atoms with Crippen molar-refractivity contribution in [1.29, 1.82) is 0 Å². The van der Waals surface area contributed by atoms with E-state index in [-0.39, 0.29) is 5.91 Å². The zero-order valence-corrected chi connectivity index (χ0v) is 17.4. The van der Waals surface area contributed by atoms with Gasteiger partial charge >= 0.3 is 0 Å². The number of anilines is 1. The van der Waals surface area contributed by atoms with Crippen molar-refractivity contribution in [2.75, 3.05) is 12.4 Å². The molecule has 0 spiro atoms. The van der Waals surface area contributed by atoms with Crippen molar-refractivity contribution in [3.05, 3.63) is 108 Å². The summed E-state index contributed by atoms with van der Waals surface area (Å²) in [4.78, 5) is 25.3. The Morgan fingerprint density at radius 3 is 2.34 bits per heavy atom. The van der Waals surface area contributed by atoms with Gasteiger partial charge in [-0.25, -0.2) is 5.43 Å². The van der Waals surface area contributed by atoms with Crippen LogP contribution in [-0.2, 0) is 0 Å². The lowest BCUT2D eigenvalue weighted by atomic mass is 10.1. The van der Waals surface area contributed by atoms with E-state index in [9.17, 15) is 9.59 Å². The van der Waals surface area contributed by atoms with E-state index in [0.29, 0.717) is 22.6 Å². The van der Waals surface area contributed by atoms with Crippen LogP contribution in [0, 0.1) is 0 Å². The molecule has 0 fully saturated rings. The Labute approximate surface area is 185 Å². The first-order valence-electron chi connectivity index (χ1n) is 10.0. The standard InChI is InChI=1S/C26H21N3O3/c1-32-21-15-13-19(14-16-21)25(30)28-24-12-5-4-11-23(24)26(31)29-27-17-20-9-6-8-18-7-2-3-10-22(18)20/h2-17H,1H3,(H,28,30)(H,29,31)/b27-17-. The molecule has 6 nitrogen and oxygen atoms in total. The van der Waals surface area contributed by atoms with Gasteiger partial charge in [0, 0.05) is 11.1 Å². The van der Waals surface area contributed by atoms with Crippen LogP contribution < -0.4 is 15.5 Å². The molecule has 6 heteroatoms. The SMILES string of the molecule is COc1ccc(C(=O)Nc2ccccc2C(=O)N/N=C\c2cccc3ccccc23)cc1. The second-order valence-corrected chi connectivity index (χ2v) is 7.00. The van der Waals surface area contributed by atoms with E-state index in [1.165, 1.54) is 0 Å². The molecule has 0 aromatic heterocycles. The van der Waals surface area contributed by atoms with Crippen molar-refractivity contribution in [3.8, 4) is 5.75 Å². The van der Waals surface area contributed by atoms with Gasteiger partial charge in [-0.05, 0) is 47.2 Å². The van der Waals surface area contributed by atoms with Crippen LogP contribution in [0.25, 0.3) is 10.8 Å². The predicted octanol–water partition coefficient (Wildman–Crippen LogP) is 4.86. The molecule has 0 saturated heterocycles. The molecule has 2 amide bonds. The van der Waals surface area contributed by atoms with E-state index in [4.69, 9.17) is 4.74 Å². The first kappa shape index (κ1) is 20.8. The maximum atomic E-state index is 12.7. The minimum Gasteiger partial charge on any atom is -0.497 e. The topological polar surface area (TPSA) is 79.8 Å². The number of rotatable bonds is 6. The van der Waals surface area contributed by atoms with Gasteiger partial charge in [0.1, 0.15) is 5.75 Å². The number of nitrogens with zero attached hydrogens (tertiary/aromatic N) is 1. The molecular weight excluding hydrogens is 402 g/mol. The molecule has 4 rings (SSSR count). The van der Waals surface area contributed by atoms with Crippen molar-refractivity contribution in [2.24, 2.45) is 5.10 Å². The monoisotopic (exact) mass is 423 g/mol. The average Bonchev–Trinajstić information content (AvgIpc) is 2.84. The molecule has 32 heavy (non-hydrogen) atoms. The van der Waals surface area contributed by atoms with Crippen LogP contribution in [-0.4, -0.2) is 25.1 Å². The minimum absolute atomic E-state index is 0.310. The smallest absolute Gasteiger partial charge is 0.273 e. The number of carbonyl (C=O) groups is 2. The largest absolute Gasteiger partial charge is 0.497 e. The Hall–Kier alpha value is -4.45. The summed E-state index contributed by atoms with van der Waals surface area (Å²) in [6, 6.07) is 27.4. The van der Waals surface area contributed by atoms with Crippen LogP contribution in [0.1, 0.15) is 26.3 Å². The molecule has 0 bridgehead atoms. The summed E-state index contributed by atoms with van der Waals surface area (Å²) in [5.74, 6) is -0.0929. The normalized spacial score (nSPS) is 10.8. The summed E-state index contributed by atoms with van der Waals surface area (Å²) in [5, 5.41) is 9.03. The van der Waals surface area contributed by atoms with Crippen LogP contribution in [0.5, 0.6) is 5.75 Å². The summed E-state index contributed by atoms with van der Waals surface area (Å²) in [5.41, 5.74) is 4.59. The summed E-state index contributed by atoms with van der Waals surface area (Å²) < 4.78 is 5.11. The molecule has 0 aliphatic carbocycles. The summed E-state index contributed by atoms with van der Waals surface area (Å²) in [7, 11) is 1.56. The number of hydrazone groups is 1. The van der Waals surface area contributed by atoms with Crippen LogP contribution in [0.4, 0.5) is 5.69 Å². The van der Waals surface area contributed by atoms with Gasteiger partial charge < -0.3 is 10.1 Å². The molecule has 0 unspecified atom stereocenters. The fourth-order valence-electron chi connectivity index (χ4n) is 3.31. The second kappa shape index (κ2) is 9.57. The number of hydrogen-bond acceptors (Lipinski definition) is 4. The number of nitrogens with one attached hydrogen (secondary N) is 2. The van der Waals surface area contributed by atoms with Crippen LogP contribution in [0.2, 0.25) is 0 Å². The molecule has 4 aromatic carbocycles. The van der Waals surface area contributed by atoms with Gasteiger partial charge in [-0.3, -0.25) is 9.59 Å².